The van der Waals surface area contributed by atoms with Crippen molar-refractivity contribution in [2.75, 3.05) is 0 Å². The minimum Gasteiger partial charge on any atom is -0.325 e. The van der Waals surface area contributed by atoms with Crippen LogP contribution in [0.15, 0.2) is 0 Å². The molecule has 2 heteroatoms. The Kier molecular flexibility index (Phi) is 1.23. The predicted octanol–water partition coefficient (Wildman–Crippen LogP) is 0.949. The zero-order valence-electron chi connectivity index (χ0n) is 7.13. The number of carbonyl (C=O) groups excluding carboxylic acids is 1. The largest absolute Gasteiger partial charge is 0.325 e. The predicted molar refractivity (Wildman–Crippen MR) is 43.0 cm³/mol. The van der Waals surface area contributed by atoms with Crippen LogP contribution in [0.5, 0.6) is 0 Å². The Morgan fingerprint density at radius 1 is 1.55 bits per heavy atom. The van der Waals surface area contributed by atoms with Gasteiger partial charge in [0.25, 0.3) is 0 Å². The molecule has 2 rings (SSSR count). The van der Waals surface area contributed by atoms with Crippen LogP contribution < -0.4 is 5.73 Å². The summed E-state index contributed by atoms with van der Waals surface area (Å²) in [6.45, 7) is 4.10. The van der Waals surface area contributed by atoms with Gasteiger partial charge in [0.2, 0.25) is 0 Å². The first-order chi connectivity index (χ1) is 5.03. The third-order valence-electron chi connectivity index (χ3n) is 3.55. The van der Waals surface area contributed by atoms with Crippen LogP contribution in [0.3, 0.4) is 0 Å². The van der Waals surface area contributed by atoms with E-state index in [0.29, 0.717) is 17.6 Å². The highest BCUT2D eigenvalue weighted by Gasteiger charge is 2.61. The Labute approximate surface area is 67.1 Å². The lowest BCUT2D eigenvalue weighted by Gasteiger charge is -2.13. The third-order valence-corrected chi connectivity index (χ3v) is 3.55. The molecule has 0 radical (unpaired) electrons. The smallest absolute Gasteiger partial charge is 0.136 e. The number of hydrogen-bond acceptors (Lipinski definition) is 2. The maximum Gasteiger partial charge on any atom is 0.136 e. The molecule has 0 heterocycles. The second-order valence-corrected chi connectivity index (χ2v) is 4.39. The van der Waals surface area contributed by atoms with Crippen molar-refractivity contribution in [1.29, 1.82) is 0 Å². The van der Waals surface area contributed by atoms with Gasteiger partial charge in [-0.15, -0.1) is 0 Å². The molecule has 2 aliphatic rings. The molecule has 0 amide bonds. The first kappa shape index (κ1) is 7.29. The Morgan fingerprint density at radius 2 is 2.18 bits per heavy atom. The monoisotopic (exact) mass is 153 g/mol. The lowest BCUT2D eigenvalue weighted by Crippen LogP contribution is -2.21. The standard InChI is InChI=1S/C9H15NO/c1-5-3-6-7(4-8(5)11)9(6,2)10/h5-7H,3-4,10H2,1-2H3/t5-,6?,7+,9?/m1/s1. The van der Waals surface area contributed by atoms with E-state index in [-0.39, 0.29) is 11.5 Å². The van der Waals surface area contributed by atoms with Crippen molar-refractivity contribution in [3.05, 3.63) is 0 Å². The molecular formula is C9H15NO. The summed E-state index contributed by atoms with van der Waals surface area (Å²) in [5.74, 6) is 1.82. The molecule has 11 heavy (non-hydrogen) atoms. The van der Waals surface area contributed by atoms with Crippen LogP contribution in [0.1, 0.15) is 26.7 Å². The average Bonchev–Trinajstić information content (AvgIpc) is 2.39. The van der Waals surface area contributed by atoms with E-state index in [1.165, 1.54) is 0 Å². The van der Waals surface area contributed by atoms with Gasteiger partial charge in [-0.25, -0.2) is 0 Å². The molecule has 2 unspecified atom stereocenters. The number of Topliss-reactive ketones (excluding diaryl/α,β-unsaturated/α-hetero) is 1. The van der Waals surface area contributed by atoms with Crippen LogP contribution in [0.4, 0.5) is 0 Å². The summed E-state index contributed by atoms with van der Waals surface area (Å²) in [6.07, 6.45) is 1.76. The Hall–Kier alpha value is -0.370. The van der Waals surface area contributed by atoms with E-state index in [2.05, 4.69) is 6.92 Å². The molecule has 0 aromatic heterocycles. The van der Waals surface area contributed by atoms with Crippen LogP contribution in [-0.2, 0) is 4.79 Å². The highest BCUT2D eigenvalue weighted by Crippen LogP contribution is 2.56. The van der Waals surface area contributed by atoms with Crippen molar-refractivity contribution in [3.8, 4) is 0 Å². The molecule has 0 bridgehead atoms. The minimum atomic E-state index is -0.0135. The van der Waals surface area contributed by atoms with Crippen LogP contribution in [0.25, 0.3) is 0 Å². The van der Waals surface area contributed by atoms with Gasteiger partial charge >= 0.3 is 0 Å². The molecular weight excluding hydrogens is 138 g/mol. The van der Waals surface area contributed by atoms with Gasteiger partial charge in [-0.05, 0) is 25.2 Å². The fraction of sp³-hybridized carbons (Fsp3) is 0.889. The first-order valence-corrected chi connectivity index (χ1v) is 4.35. The number of carbonyl (C=O) groups is 1. The molecule has 2 saturated carbocycles. The molecule has 0 aromatic carbocycles. The summed E-state index contributed by atoms with van der Waals surface area (Å²) in [6, 6.07) is 0. The van der Waals surface area contributed by atoms with E-state index in [4.69, 9.17) is 5.73 Å². The SMILES string of the molecule is C[C@@H]1CC2[C@H](CC1=O)C2(C)N. The van der Waals surface area contributed by atoms with Gasteiger partial charge in [0.1, 0.15) is 5.78 Å². The number of nitrogens with two attached hydrogens (primary N) is 1. The molecule has 2 aliphatic carbocycles. The van der Waals surface area contributed by atoms with Gasteiger partial charge in [-0.2, -0.15) is 0 Å². The zero-order valence-corrected chi connectivity index (χ0v) is 7.13. The molecule has 2 nitrogen and oxygen atoms in total. The highest BCUT2D eigenvalue weighted by molar-refractivity contribution is 5.83. The van der Waals surface area contributed by atoms with Gasteiger partial charge in [-0.1, -0.05) is 6.92 Å². The molecule has 62 valence electrons. The normalized spacial score (nSPS) is 55.5. The van der Waals surface area contributed by atoms with Crippen molar-refractivity contribution in [3.63, 3.8) is 0 Å². The van der Waals surface area contributed by atoms with Crippen molar-refractivity contribution >= 4 is 5.78 Å². The molecule has 0 saturated heterocycles. The van der Waals surface area contributed by atoms with E-state index >= 15 is 0 Å². The van der Waals surface area contributed by atoms with E-state index in [0.717, 1.165) is 12.8 Å². The lowest BCUT2D eigenvalue weighted by atomic mass is 9.90. The van der Waals surface area contributed by atoms with Gasteiger partial charge in [0, 0.05) is 17.9 Å². The van der Waals surface area contributed by atoms with Gasteiger partial charge < -0.3 is 5.73 Å². The maximum atomic E-state index is 11.3. The van der Waals surface area contributed by atoms with E-state index in [9.17, 15) is 4.79 Å². The van der Waals surface area contributed by atoms with Crippen molar-refractivity contribution in [2.24, 2.45) is 23.5 Å². The van der Waals surface area contributed by atoms with Crippen LogP contribution in [0.2, 0.25) is 0 Å². The fourth-order valence-corrected chi connectivity index (χ4v) is 2.43. The van der Waals surface area contributed by atoms with E-state index in [1.54, 1.807) is 0 Å². The van der Waals surface area contributed by atoms with Gasteiger partial charge in [-0.3, -0.25) is 4.79 Å². The number of fused-ring (bicyclic) bond motifs is 1. The molecule has 0 aromatic rings. The fourth-order valence-electron chi connectivity index (χ4n) is 2.43. The third kappa shape index (κ3) is 0.853. The van der Waals surface area contributed by atoms with E-state index < -0.39 is 0 Å². The summed E-state index contributed by atoms with van der Waals surface area (Å²) in [7, 11) is 0. The highest BCUT2D eigenvalue weighted by atomic mass is 16.1. The maximum absolute atomic E-state index is 11.3. The topological polar surface area (TPSA) is 43.1 Å². The molecule has 2 fully saturated rings. The molecule has 0 aliphatic heterocycles. The summed E-state index contributed by atoms with van der Waals surface area (Å²) in [5, 5.41) is 0. The summed E-state index contributed by atoms with van der Waals surface area (Å²) >= 11 is 0. The average molecular weight is 153 g/mol. The van der Waals surface area contributed by atoms with Crippen molar-refractivity contribution in [1.82, 2.24) is 0 Å². The molecule has 4 atom stereocenters. The summed E-state index contributed by atoms with van der Waals surface area (Å²) < 4.78 is 0. The van der Waals surface area contributed by atoms with Crippen LogP contribution in [0, 0.1) is 17.8 Å². The quantitative estimate of drug-likeness (QED) is 0.563. The Bertz CT molecular complexity index is 210. The number of ketones is 1. The van der Waals surface area contributed by atoms with Crippen molar-refractivity contribution < 1.29 is 4.79 Å². The molecule has 2 N–H and O–H groups in total. The van der Waals surface area contributed by atoms with Gasteiger partial charge in [0.05, 0.1) is 0 Å². The molecule has 0 spiro atoms. The Morgan fingerprint density at radius 3 is 2.73 bits per heavy atom. The van der Waals surface area contributed by atoms with E-state index in [1.807, 2.05) is 6.92 Å². The second-order valence-electron chi connectivity index (χ2n) is 4.39. The first-order valence-electron chi connectivity index (χ1n) is 4.35. The second kappa shape index (κ2) is 1.86. The van der Waals surface area contributed by atoms with Crippen LogP contribution in [-0.4, -0.2) is 11.3 Å². The number of rotatable bonds is 0. The summed E-state index contributed by atoms with van der Waals surface area (Å²) in [5.41, 5.74) is 5.97. The lowest BCUT2D eigenvalue weighted by molar-refractivity contribution is -0.124. The Balaban J connectivity index is 2.12. The summed E-state index contributed by atoms with van der Waals surface area (Å²) in [4.78, 5) is 11.3. The van der Waals surface area contributed by atoms with Crippen molar-refractivity contribution in [2.45, 2.75) is 32.2 Å². The zero-order chi connectivity index (χ0) is 8.22. The number of hydrogen-bond donors (Lipinski definition) is 1. The minimum absolute atomic E-state index is 0.0135. The van der Waals surface area contributed by atoms with Gasteiger partial charge in [0.15, 0.2) is 0 Å². The van der Waals surface area contributed by atoms with Crippen LogP contribution >= 0.6 is 0 Å².